The van der Waals surface area contributed by atoms with Crippen LogP contribution in [0, 0.1) is 5.82 Å². The van der Waals surface area contributed by atoms with Gasteiger partial charge in [-0.15, -0.1) is 0 Å². The van der Waals surface area contributed by atoms with Gasteiger partial charge in [0.05, 0.1) is 11.8 Å². The fourth-order valence-corrected chi connectivity index (χ4v) is 3.88. The van der Waals surface area contributed by atoms with Crippen LogP contribution in [0.4, 0.5) is 10.1 Å². The van der Waals surface area contributed by atoms with E-state index < -0.39 is 0 Å². The molecule has 0 bridgehead atoms. The van der Waals surface area contributed by atoms with Crippen molar-refractivity contribution in [1.82, 2.24) is 4.57 Å². The summed E-state index contributed by atoms with van der Waals surface area (Å²) in [5.74, 6) is -0.275. The van der Waals surface area contributed by atoms with Gasteiger partial charge in [-0.25, -0.2) is 4.39 Å². The summed E-state index contributed by atoms with van der Waals surface area (Å²) in [5, 5.41) is 3.49. The Labute approximate surface area is 176 Å². The SMILES string of the molecule is CCCCNc1ccc2c(c1)-c1cn(C)c(=O)cc1[C@H](C)N=C2c1ccc(F)cc1. The number of hydrogen-bond donors (Lipinski definition) is 1. The molecule has 0 saturated heterocycles. The first-order chi connectivity index (χ1) is 14.5. The molecule has 1 aliphatic heterocycles. The molecule has 5 heteroatoms. The zero-order valence-corrected chi connectivity index (χ0v) is 17.6. The lowest BCUT2D eigenvalue weighted by molar-refractivity contribution is 0.628. The van der Waals surface area contributed by atoms with Crippen LogP contribution in [0.2, 0.25) is 0 Å². The zero-order valence-electron chi connectivity index (χ0n) is 17.6. The van der Waals surface area contributed by atoms with Gasteiger partial charge in [-0.3, -0.25) is 9.79 Å². The first kappa shape index (κ1) is 20.1. The van der Waals surface area contributed by atoms with Gasteiger partial charge in [0, 0.05) is 48.2 Å². The second kappa shape index (κ2) is 8.27. The summed E-state index contributed by atoms with van der Waals surface area (Å²) >= 11 is 0. The fourth-order valence-electron chi connectivity index (χ4n) is 3.88. The average molecular weight is 404 g/mol. The molecule has 3 aromatic rings. The van der Waals surface area contributed by atoms with Gasteiger partial charge >= 0.3 is 0 Å². The lowest BCUT2D eigenvalue weighted by atomic mass is 9.92. The number of anilines is 1. The number of aryl methyl sites for hydroxylation is 1. The molecule has 1 atom stereocenters. The fraction of sp³-hybridized carbons (Fsp3) is 0.280. The van der Waals surface area contributed by atoms with Gasteiger partial charge in [-0.1, -0.05) is 19.4 Å². The minimum atomic E-state index is -0.275. The lowest BCUT2D eigenvalue weighted by Crippen LogP contribution is -2.17. The molecule has 4 nitrogen and oxygen atoms in total. The number of fused-ring (bicyclic) bond motifs is 3. The number of hydrogen-bond acceptors (Lipinski definition) is 3. The Kier molecular flexibility index (Phi) is 5.53. The van der Waals surface area contributed by atoms with Crippen LogP contribution in [0.3, 0.4) is 0 Å². The minimum absolute atomic E-state index is 0.0557. The van der Waals surface area contributed by atoms with E-state index in [9.17, 15) is 9.18 Å². The van der Waals surface area contributed by atoms with E-state index in [0.29, 0.717) is 0 Å². The molecule has 0 radical (unpaired) electrons. The van der Waals surface area contributed by atoms with Crippen molar-refractivity contribution in [3.8, 4) is 11.1 Å². The van der Waals surface area contributed by atoms with E-state index in [4.69, 9.17) is 4.99 Å². The average Bonchev–Trinajstić information content (AvgIpc) is 2.85. The number of rotatable bonds is 5. The van der Waals surface area contributed by atoms with Crippen LogP contribution in [-0.4, -0.2) is 16.8 Å². The minimum Gasteiger partial charge on any atom is -0.385 e. The largest absolute Gasteiger partial charge is 0.385 e. The Balaban J connectivity index is 1.93. The molecule has 1 aromatic heterocycles. The molecule has 0 unspecified atom stereocenters. The lowest BCUT2D eigenvalue weighted by Gasteiger charge is -2.15. The number of halogens is 1. The normalized spacial score (nSPS) is 15.1. The van der Waals surface area contributed by atoms with Crippen LogP contribution in [0.1, 0.15) is 49.4 Å². The van der Waals surface area contributed by atoms with E-state index in [2.05, 4.69) is 30.4 Å². The topological polar surface area (TPSA) is 46.4 Å². The van der Waals surface area contributed by atoms with Crippen LogP contribution < -0.4 is 10.9 Å². The number of aromatic nitrogens is 1. The molecule has 0 spiro atoms. The summed E-state index contributed by atoms with van der Waals surface area (Å²) in [6.45, 7) is 5.07. The Morgan fingerprint density at radius 3 is 2.57 bits per heavy atom. The third-order valence-electron chi connectivity index (χ3n) is 5.58. The Hall–Kier alpha value is -3.21. The maximum absolute atomic E-state index is 13.5. The van der Waals surface area contributed by atoms with E-state index in [1.54, 1.807) is 29.8 Å². The molecule has 2 aromatic carbocycles. The molecule has 1 N–H and O–H groups in total. The summed E-state index contributed by atoms with van der Waals surface area (Å²) in [5.41, 5.74) is 6.55. The molecule has 0 aliphatic carbocycles. The highest BCUT2D eigenvalue weighted by Crippen LogP contribution is 2.38. The van der Waals surface area contributed by atoms with Crippen molar-refractivity contribution in [2.45, 2.75) is 32.7 Å². The Morgan fingerprint density at radius 2 is 1.83 bits per heavy atom. The molecule has 30 heavy (non-hydrogen) atoms. The van der Waals surface area contributed by atoms with Gasteiger partial charge in [0.25, 0.3) is 5.56 Å². The second-order valence-corrected chi connectivity index (χ2v) is 7.79. The van der Waals surface area contributed by atoms with Crippen molar-refractivity contribution in [1.29, 1.82) is 0 Å². The number of nitrogens with one attached hydrogen (secondary N) is 1. The van der Waals surface area contributed by atoms with Gasteiger partial charge in [-0.2, -0.15) is 0 Å². The summed E-state index contributed by atoms with van der Waals surface area (Å²) in [6.07, 6.45) is 4.12. The highest BCUT2D eigenvalue weighted by molar-refractivity contribution is 6.17. The van der Waals surface area contributed by atoms with Crippen molar-refractivity contribution in [2.24, 2.45) is 12.0 Å². The van der Waals surface area contributed by atoms with Crippen molar-refractivity contribution in [3.05, 3.63) is 87.6 Å². The summed E-state index contributed by atoms with van der Waals surface area (Å²) in [6, 6.07) is 14.2. The summed E-state index contributed by atoms with van der Waals surface area (Å²) in [4.78, 5) is 17.3. The van der Waals surface area contributed by atoms with Crippen LogP contribution in [-0.2, 0) is 7.05 Å². The standard InChI is InChI=1S/C25H26FN3O/c1-4-5-12-27-19-10-11-20-22(13-19)23-15-29(3)24(30)14-21(23)16(2)28-25(20)17-6-8-18(26)9-7-17/h6-11,13-16,27H,4-5,12H2,1-3H3/t16-/m0/s1. The molecule has 0 saturated carbocycles. The first-order valence-corrected chi connectivity index (χ1v) is 10.4. The number of benzene rings is 2. The monoisotopic (exact) mass is 403 g/mol. The molecule has 0 amide bonds. The van der Waals surface area contributed by atoms with Gasteiger partial charge in [-0.05, 0) is 60.9 Å². The second-order valence-electron chi connectivity index (χ2n) is 7.79. The predicted molar refractivity (Wildman–Crippen MR) is 121 cm³/mol. The van der Waals surface area contributed by atoms with E-state index in [1.807, 2.05) is 13.1 Å². The van der Waals surface area contributed by atoms with E-state index in [0.717, 1.165) is 58.6 Å². The molecular formula is C25H26FN3O. The highest BCUT2D eigenvalue weighted by Gasteiger charge is 2.24. The van der Waals surface area contributed by atoms with Gasteiger partial charge in [0.2, 0.25) is 0 Å². The molecule has 1 aliphatic rings. The Bertz CT molecular complexity index is 1160. The van der Waals surface area contributed by atoms with Gasteiger partial charge < -0.3 is 9.88 Å². The van der Waals surface area contributed by atoms with Gasteiger partial charge in [0.15, 0.2) is 0 Å². The van der Waals surface area contributed by atoms with Crippen LogP contribution in [0.5, 0.6) is 0 Å². The maximum atomic E-state index is 13.5. The smallest absolute Gasteiger partial charge is 0.250 e. The van der Waals surface area contributed by atoms with E-state index >= 15 is 0 Å². The van der Waals surface area contributed by atoms with Gasteiger partial charge in [0.1, 0.15) is 5.82 Å². The molecule has 2 heterocycles. The van der Waals surface area contributed by atoms with Crippen molar-refractivity contribution in [2.75, 3.05) is 11.9 Å². The summed E-state index contributed by atoms with van der Waals surface area (Å²) < 4.78 is 15.1. The molecule has 4 rings (SSSR count). The number of pyridine rings is 1. The highest BCUT2D eigenvalue weighted by atomic mass is 19.1. The quantitative estimate of drug-likeness (QED) is 0.587. The molecule has 0 fully saturated rings. The number of aliphatic imine (C=N–C) groups is 1. The molecule has 154 valence electrons. The van der Waals surface area contributed by atoms with E-state index in [1.165, 1.54) is 12.1 Å². The Morgan fingerprint density at radius 1 is 1.07 bits per heavy atom. The maximum Gasteiger partial charge on any atom is 0.250 e. The summed E-state index contributed by atoms with van der Waals surface area (Å²) in [7, 11) is 1.77. The van der Waals surface area contributed by atoms with E-state index in [-0.39, 0.29) is 17.4 Å². The molecular weight excluding hydrogens is 377 g/mol. The van der Waals surface area contributed by atoms with Crippen molar-refractivity contribution >= 4 is 11.4 Å². The number of unbranched alkanes of at least 4 members (excludes halogenated alkanes) is 1. The first-order valence-electron chi connectivity index (χ1n) is 10.4. The third kappa shape index (κ3) is 3.80. The van der Waals surface area contributed by atoms with Crippen LogP contribution in [0.15, 0.2) is 64.5 Å². The third-order valence-corrected chi connectivity index (χ3v) is 5.58. The van der Waals surface area contributed by atoms with Crippen molar-refractivity contribution < 1.29 is 4.39 Å². The van der Waals surface area contributed by atoms with Crippen LogP contribution in [0.25, 0.3) is 11.1 Å². The number of nitrogens with zero attached hydrogens (tertiary/aromatic N) is 2. The zero-order chi connectivity index (χ0) is 21.3. The van der Waals surface area contributed by atoms with Crippen LogP contribution >= 0.6 is 0 Å². The predicted octanol–water partition coefficient (Wildman–Crippen LogP) is 5.32. The van der Waals surface area contributed by atoms with Crippen molar-refractivity contribution in [3.63, 3.8) is 0 Å².